The molecule has 3 N–H and O–H groups in total. The van der Waals surface area contributed by atoms with Crippen molar-refractivity contribution >= 4 is 27.5 Å². The Morgan fingerprint density at radius 2 is 1.81 bits per heavy atom. The molecule has 2 aromatic rings. The molecule has 1 saturated heterocycles. The van der Waals surface area contributed by atoms with Gasteiger partial charge in [0.15, 0.2) is 6.61 Å². The number of nitrogens with one attached hydrogen (secondary N) is 1. The average Bonchev–Trinajstić information content (AvgIpc) is 2.78. The van der Waals surface area contributed by atoms with Crippen molar-refractivity contribution < 1.29 is 27.5 Å². The van der Waals surface area contributed by atoms with Gasteiger partial charge in [-0.2, -0.15) is 4.31 Å². The zero-order chi connectivity index (χ0) is 22.4. The van der Waals surface area contributed by atoms with Crippen LogP contribution < -0.4 is 15.8 Å². The summed E-state index contributed by atoms with van der Waals surface area (Å²) in [5, 5.41) is 2.73. The van der Waals surface area contributed by atoms with E-state index in [4.69, 9.17) is 15.2 Å². The number of morpholine rings is 1. The number of aryl methyl sites for hydroxylation is 1. The summed E-state index contributed by atoms with van der Waals surface area (Å²) in [4.78, 5) is 23.7. The molecule has 2 amide bonds. The minimum absolute atomic E-state index is 0.139. The van der Waals surface area contributed by atoms with Gasteiger partial charge in [-0.05, 0) is 48.4 Å². The molecule has 0 aromatic heterocycles. The minimum Gasteiger partial charge on any atom is -0.484 e. The molecule has 1 aliphatic heterocycles. The summed E-state index contributed by atoms with van der Waals surface area (Å²) in [5.41, 5.74) is 6.42. The van der Waals surface area contributed by atoms with E-state index in [9.17, 15) is 18.0 Å². The van der Waals surface area contributed by atoms with Crippen LogP contribution in [0, 0.1) is 0 Å². The number of primary amides is 1. The van der Waals surface area contributed by atoms with Crippen molar-refractivity contribution in [3.8, 4) is 5.75 Å². The van der Waals surface area contributed by atoms with E-state index in [1.807, 2.05) is 6.92 Å². The number of carbonyl (C=O) groups excluding carboxylic acids is 2. The van der Waals surface area contributed by atoms with Crippen LogP contribution in [0.5, 0.6) is 5.75 Å². The number of benzene rings is 2. The van der Waals surface area contributed by atoms with Crippen LogP contribution in [0.1, 0.15) is 22.8 Å². The van der Waals surface area contributed by atoms with E-state index in [1.165, 1.54) is 10.4 Å². The second-order valence-corrected chi connectivity index (χ2v) is 8.83. The molecule has 31 heavy (non-hydrogen) atoms. The Morgan fingerprint density at radius 1 is 1.13 bits per heavy atom. The predicted molar refractivity (Wildman–Crippen MR) is 114 cm³/mol. The smallest absolute Gasteiger partial charge is 0.255 e. The van der Waals surface area contributed by atoms with Gasteiger partial charge >= 0.3 is 0 Å². The van der Waals surface area contributed by atoms with Gasteiger partial charge in [-0.25, -0.2) is 8.42 Å². The van der Waals surface area contributed by atoms with Crippen LogP contribution in [0.3, 0.4) is 0 Å². The third-order valence-corrected chi connectivity index (χ3v) is 6.77. The molecule has 0 radical (unpaired) electrons. The van der Waals surface area contributed by atoms with Crippen LogP contribution in [0.15, 0.2) is 47.4 Å². The van der Waals surface area contributed by atoms with Gasteiger partial charge in [-0.3, -0.25) is 9.59 Å². The van der Waals surface area contributed by atoms with Crippen LogP contribution in [0.2, 0.25) is 0 Å². The Hall–Kier alpha value is -2.95. The lowest BCUT2D eigenvalue weighted by Crippen LogP contribution is -2.41. The lowest BCUT2D eigenvalue weighted by molar-refractivity contribution is -0.119. The van der Waals surface area contributed by atoms with E-state index < -0.39 is 21.8 Å². The first kappa shape index (κ1) is 22.7. The molecule has 10 heteroatoms. The maximum Gasteiger partial charge on any atom is 0.255 e. The van der Waals surface area contributed by atoms with E-state index in [0.717, 1.165) is 0 Å². The highest BCUT2D eigenvalue weighted by atomic mass is 32.2. The number of hydrogen-bond donors (Lipinski definition) is 2. The highest BCUT2D eigenvalue weighted by Crippen LogP contribution is 2.24. The number of nitrogens with two attached hydrogens (primary N) is 1. The first-order chi connectivity index (χ1) is 14.8. The maximum atomic E-state index is 13.1. The van der Waals surface area contributed by atoms with Gasteiger partial charge in [0.2, 0.25) is 10.0 Å². The van der Waals surface area contributed by atoms with Crippen molar-refractivity contribution in [3.63, 3.8) is 0 Å². The van der Waals surface area contributed by atoms with Gasteiger partial charge in [0.1, 0.15) is 5.75 Å². The van der Waals surface area contributed by atoms with Crippen molar-refractivity contribution in [2.75, 3.05) is 38.2 Å². The van der Waals surface area contributed by atoms with E-state index >= 15 is 0 Å². The van der Waals surface area contributed by atoms with E-state index in [-0.39, 0.29) is 30.2 Å². The highest BCUT2D eigenvalue weighted by Gasteiger charge is 2.29. The molecule has 0 bridgehead atoms. The number of hydrogen-bond acceptors (Lipinski definition) is 6. The summed E-state index contributed by atoms with van der Waals surface area (Å²) >= 11 is 0. The summed E-state index contributed by atoms with van der Waals surface area (Å²) < 4.78 is 38.1. The fourth-order valence-corrected chi connectivity index (χ4v) is 4.87. The highest BCUT2D eigenvalue weighted by molar-refractivity contribution is 7.89. The Bertz CT molecular complexity index is 1050. The molecular formula is C21H25N3O6S. The monoisotopic (exact) mass is 447 g/mol. The SMILES string of the molecule is CCc1ccc(C(=O)Nc2ccc(OCC(N)=O)cc2)cc1S(=O)(=O)N1CCOCC1. The fourth-order valence-electron chi connectivity index (χ4n) is 3.15. The summed E-state index contributed by atoms with van der Waals surface area (Å²) in [6.45, 7) is 2.89. The first-order valence-electron chi connectivity index (χ1n) is 9.84. The zero-order valence-electron chi connectivity index (χ0n) is 17.2. The second-order valence-electron chi connectivity index (χ2n) is 6.93. The average molecular weight is 448 g/mol. The Kier molecular flexibility index (Phi) is 7.26. The van der Waals surface area contributed by atoms with Crippen molar-refractivity contribution in [1.82, 2.24) is 4.31 Å². The molecule has 1 fully saturated rings. The Morgan fingerprint density at radius 3 is 2.42 bits per heavy atom. The molecule has 166 valence electrons. The van der Waals surface area contributed by atoms with Crippen LogP contribution >= 0.6 is 0 Å². The molecule has 1 aliphatic rings. The van der Waals surface area contributed by atoms with Crippen molar-refractivity contribution in [1.29, 1.82) is 0 Å². The third-order valence-electron chi connectivity index (χ3n) is 4.79. The first-order valence-corrected chi connectivity index (χ1v) is 11.3. The van der Waals surface area contributed by atoms with Crippen molar-refractivity contribution in [3.05, 3.63) is 53.6 Å². The van der Waals surface area contributed by atoms with Crippen LogP contribution in [0.25, 0.3) is 0 Å². The standard InChI is InChI=1S/C21H25N3O6S/c1-2-15-3-4-16(13-19(15)31(27,28)24-9-11-29-12-10-24)21(26)23-17-5-7-18(8-6-17)30-14-20(22)25/h3-8,13H,2,9-12,14H2,1H3,(H2,22,25)(H,23,26). The molecule has 3 rings (SSSR count). The number of sulfonamides is 1. The van der Waals surface area contributed by atoms with E-state index in [0.29, 0.717) is 36.6 Å². The van der Waals surface area contributed by atoms with Crippen LogP contribution in [-0.2, 0) is 26.0 Å². The Labute approximate surface area is 181 Å². The summed E-state index contributed by atoms with van der Waals surface area (Å²) in [7, 11) is -3.73. The van der Waals surface area contributed by atoms with Crippen LogP contribution in [0.4, 0.5) is 5.69 Å². The number of ether oxygens (including phenoxy) is 2. The predicted octanol–water partition coefficient (Wildman–Crippen LogP) is 1.39. The summed E-state index contributed by atoms with van der Waals surface area (Å²) in [6, 6.07) is 11.1. The largest absolute Gasteiger partial charge is 0.484 e. The zero-order valence-corrected chi connectivity index (χ0v) is 18.0. The van der Waals surface area contributed by atoms with Gasteiger partial charge < -0.3 is 20.5 Å². The molecule has 0 aliphatic carbocycles. The lowest BCUT2D eigenvalue weighted by Gasteiger charge is -2.27. The number of amides is 2. The molecule has 0 atom stereocenters. The van der Waals surface area contributed by atoms with Crippen molar-refractivity contribution in [2.24, 2.45) is 5.73 Å². The third kappa shape index (κ3) is 5.60. The molecule has 2 aromatic carbocycles. The van der Waals surface area contributed by atoms with E-state index in [2.05, 4.69) is 5.32 Å². The number of rotatable bonds is 8. The Balaban J connectivity index is 1.79. The van der Waals surface area contributed by atoms with Gasteiger partial charge in [-0.1, -0.05) is 13.0 Å². The molecule has 1 heterocycles. The molecular weight excluding hydrogens is 422 g/mol. The van der Waals surface area contributed by atoms with Gasteiger partial charge in [0.05, 0.1) is 18.1 Å². The number of carbonyl (C=O) groups is 2. The molecule has 0 unspecified atom stereocenters. The molecule has 9 nitrogen and oxygen atoms in total. The second kappa shape index (κ2) is 9.90. The lowest BCUT2D eigenvalue weighted by atomic mass is 10.1. The molecule has 0 spiro atoms. The normalized spacial score (nSPS) is 14.7. The minimum atomic E-state index is -3.73. The molecule has 0 saturated carbocycles. The quantitative estimate of drug-likeness (QED) is 0.629. The van der Waals surface area contributed by atoms with E-state index in [1.54, 1.807) is 36.4 Å². The maximum absolute atomic E-state index is 13.1. The number of nitrogens with zero attached hydrogens (tertiary/aromatic N) is 1. The van der Waals surface area contributed by atoms with Crippen molar-refractivity contribution in [2.45, 2.75) is 18.2 Å². The summed E-state index contributed by atoms with van der Waals surface area (Å²) in [5.74, 6) is -0.592. The summed E-state index contributed by atoms with van der Waals surface area (Å²) in [6.07, 6.45) is 0.521. The van der Waals surface area contributed by atoms with Gasteiger partial charge in [0, 0.05) is 24.3 Å². The van der Waals surface area contributed by atoms with Gasteiger partial charge in [-0.15, -0.1) is 0 Å². The number of anilines is 1. The van der Waals surface area contributed by atoms with Gasteiger partial charge in [0.25, 0.3) is 11.8 Å². The van der Waals surface area contributed by atoms with Crippen LogP contribution in [-0.4, -0.2) is 57.4 Å². The topological polar surface area (TPSA) is 128 Å². The fraction of sp³-hybridized carbons (Fsp3) is 0.333.